The van der Waals surface area contributed by atoms with Crippen molar-refractivity contribution in [3.8, 4) is 11.5 Å². The Kier molecular flexibility index (Phi) is 3.70. The maximum absolute atomic E-state index is 13.3. The molecule has 0 unspecified atom stereocenters. The van der Waals surface area contributed by atoms with Crippen molar-refractivity contribution in [3.63, 3.8) is 0 Å². The van der Waals surface area contributed by atoms with Crippen LogP contribution in [0.2, 0.25) is 5.02 Å². The lowest BCUT2D eigenvalue weighted by atomic mass is 9.77. The number of hydrogen-bond acceptors (Lipinski definition) is 5. The van der Waals surface area contributed by atoms with Gasteiger partial charge in [0.2, 0.25) is 18.6 Å². The van der Waals surface area contributed by atoms with E-state index in [9.17, 15) is 9.59 Å². The van der Waals surface area contributed by atoms with Gasteiger partial charge in [-0.3, -0.25) is 9.59 Å². The van der Waals surface area contributed by atoms with E-state index in [2.05, 4.69) is 5.32 Å². The molecule has 2 bridgehead atoms. The molecule has 152 valence electrons. The topological polar surface area (TPSA) is 77.1 Å². The summed E-state index contributed by atoms with van der Waals surface area (Å²) in [6, 6.07) is 12.3. The van der Waals surface area contributed by atoms with Gasteiger partial charge in [0.1, 0.15) is 5.60 Å². The van der Waals surface area contributed by atoms with Crippen LogP contribution < -0.4 is 19.7 Å². The molecule has 6 rings (SSSR count). The van der Waals surface area contributed by atoms with Crippen LogP contribution in [-0.2, 0) is 14.3 Å². The van der Waals surface area contributed by atoms with Crippen LogP contribution >= 0.6 is 11.6 Å². The summed E-state index contributed by atoms with van der Waals surface area (Å²) in [7, 11) is 0. The fourth-order valence-electron chi connectivity index (χ4n) is 4.84. The number of rotatable bonds is 3. The van der Waals surface area contributed by atoms with E-state index in [0.717, 1.165) is 5.69 Å². The molecule has 4 atom stereocenters. The molecule has 8 heteroatoms. The highest BCUT2D eigenvalue weighted by Crippen LogP contribution is 2.53. The Morgan fingerprint density at radius 1 is 1.13 bits per heavy atom. The van der Waals surface area contributed by atoms with Gasteiger partial charge in [0.15, 0.2) is 11.5 Å². The summed E-state index contributed by atoms with van der Waals surface area (Å²) >= 11 is 5.98. The lowest BCUT2D eigenvalue weighted by Gasteiger charge is -2.23. The number of fused-ring (bicyclic) bond motifs is 2. The van der Waals surface area contributed by atoms with Crippen LogP contribution in [0, 0.1) is 11.8 Å². The number of ether oxygens (including phenoxy) is 3. The number of nitrogens with one attached hydrogen (secondary N) is 1. The molecule has 2 aromatic carbocycles. The molecular formula is C22H17ClN2O5. The van der Waals surface area contributed by atoms with Crippen LogP contribution in [0.5, 0.6) is 11.5 Å². The molecule has 0 saturated carbocycles. The maximum atomic E-state index is 13.3. The number of nitrogens with zero attached hydrogens (tertiary/aromatic N) is 1. The number of amides is 2. The van der Waals surface area contributed by atoms with Crippen LogP contribution in [0.3, 0.4) is 0 Å². The van der Waals surface area contributed by atoms with E-state index in [4.69, 9.17) is 25.8 Å². The summed E-state index contributed by atoms with van der Waals surface area (Å²) in [5.74, 6) is -0.319. The van der Waals surface area contributed by atoms with Crippen LogP contribution in [0.1, 0.15) is 0 Å². The van der Waals surface area contributed by atoms with Crippen LogP contribution in [0.25, 0.3) is 0 Å². The van der Waals surface area contributed by atoms with Crippen molar-refractivity contribution in [1.82, 2.24) is 0 Å². The average molecular weight is 425 g/mol. The van der Waals surface area contributed by atoms with E-state index < -0.39 is 23.5 Å². The molecule has 2 aromatic rings. The predicted molar refractivity (Wildman–Crippen MR) is 109 cm³/mol. The summed E-state index contributed by atoms with van der Waals surface area (Å²) in [4.78, 5) is 28.2. The minimum absolute atomic E-state index is 0.116. The minimum Gasteiger partial charge on any atom is -0.454 e. The van der Waals surface area contributed by atoms with Crippen molar-refractivity contribution >= 4 is 34.8 Å². The van der Waals surface area contributed by atoms with Gasteiger partial charge in [0.05, 0.1) is 24.5 Å². The zero-order valence-corrected chi connectivity index (χ0v) is 16.5. The Labute approximate surface area is 177 Å². The first kappa shape index (κ1) is 17.8. The third-order valence-electron chi connectivity index (χ3n) is 6.18. The zero-order chi connectivity index (χ0) is 20.5. The van der Waals surface area contributed by atoms with Crippen molar-refractivity contribution in [2.75, 3.05) is 23.6 Å². The number of benzene rings is 2. The highest BCUT2D eigenvalue weighted by molar-refractivity contribution is 6.30. The molecule has 1 N–H and O–H groups in total. The van der Waals surface area contributed by atoms with Crippen LogP contribution in [-0.4, -0.2) is 36.9 Å². The summed E-state index contributed by atoms with van der Waals surface area (Å²) in [6.45, 7) is 0.536. The Morgan fingerprint density at radius 3 is 2.77 bits per heavy atom. The largest absolute Gasteiger partial charge is 0.454 e. The van der Waals surface area contributed by atoms with E-state index in [0.29, 0.717) is 28.8 Å². The van der Waals surface area contributed by atoms with E-state index in [1.165, 1.54) is 0 Å². The van der Waals surface area contributed by atoms with Gasteiger partial charge < -0.3 is 24.4 Å². The molecule has 4 aliphatic heterocycles. The summed E-state index contributed by atoms with van der Waals surface area (Å²) in [5, 5.41) is 3.51. The van der Waals surface area contributed by atoms with Gasteiger partial charge in [-0.2, -0.15) is 0 Å². The third kappa shape index (κ3) is 2.49. The molecular weight excluding hydrogens is 408 g/mol. The molecule has 7 nitrogen and oxygen atoms in total. The summed E-state index contributed by atoms with van der Waals surface area (Å²) in [5.41, 5.74) is 0.548. The molecule has 0 aromatic heterocycles. The Hall–Kier alpha value is -3.03. The number of carbonyl (C=O) groups excluding carboxylic acids is 2. The van der Waals surface area contributed by atoms with Gasteiger partial charge in [-0.1, -0.05) is 23.8 Å². The normalized spacial score (nSPS) is 30.1. The van der Waals surface area contributed by atoms with E-state index in [1.54, 1.807) is 47.4 Å². The highest BCUT2D eigenvalue weighted by atomic mass is 35.5. The van der Waals surface area contributed by atoms with Crippen molar-refractivity contribution < 1.29 is 23.8 Å². The lowest BCUT2D eigenvalue weighted by molar-refractivity contribution is -0.128. The zero-order valence-electron chi connectivity index (χ0n) is 15.7. The monoisotopic (exact) mass is 424 g/mol. The molecule has 2 saturated heterocycles. The molecule has 0 radical (unpaired) electrons. The minimum atomic E-state index is -0.779. The first-order valence-corrected chi connectivity index (χ1v) is 10.1. The highest BCUT2D eigenvalue weighted by Gasteiger charge is 2.67. The fourth-order valence-corrected chi connectivity index (χ4v) is 4.96. The number of hydrogen-bond donors (Lipinski definition) is 1. The summed E-state index contributed by atoms with van der Waals surface area (Å²) < 4.78 is 16.8. The SMILES string of the molecule is O=C(Nc1ccc2c(c1)OCO2)[C@@H]1[C@H]2C=C[C@@]3(CN(c4ccc(Cl)cc4)C(=O)[C@@H]13)O2. The predicted octanol–water partition coefficient (Wildman–Crippen LogP) is 2.99. The van der Waals surface area contributed by atoms with Gasteiger partial charge in [0, 0.05) is 22.5 Å². The second-order valence-electron chi connectivity index (χ2n) is 7.86. The van der Waals surface area contributed by atoms with E-state index in [-0.39, 0.29) is 18.6 Å². The van der Waals surface area contributed by atoms with E-state index in [1.807, 2.05) is 12.2 Å². The van der Waals surface area contributed by atoms with Crippen LogP contribution in [0.4, 0.5) is 11.4 Å². The molecule has 2 amide bonds. The van der Waals surface area contributed by atoms with Crippen molar-refractivity contribution in [2.45, 2.75) is 11.7 Å². The molecule has 0 aliphatic carbocycles. The van der Waals surface area contributed by atoms with Gasteiger partial charge in [-0.25, -0.2) is 0 Å². The number of carbonyl (C=O) groups is 2. The third-order valence-corrected chi connectivity index (χ3v) is 6.43. The van der Waals surface area contributed by atoms with Gasteiger partial charge in [-0.15, -0.1) is 0 Å². The smallest absolute Gasteiger partial charge is 0.234 e. The molecule has 30 heavy (non-hydrogen) atoms. The first-order chi connectivity index (χ1) is 14.5. The van der Waals surface area contributed by atoms with Crippen molar-refractivity contribution in [3.05, 3.63) is 59.6 Å². The first-order valence-electron chi connectivity index (χ1n) is 9.69. The van der Waals surface area contributed by atoms with Gasteiger partial charge in [-0.05, 0) is 36.4 Å². The Balaban J connectivity index is 1.28. The second-order valence-corrected chi connectivity index (χ2v) is 8.29. The van der Waals surface area contributed by atoms with Crippen LogP contribution in [0.15, 0.2) is 54.6 Å². The van der Waals surface area contributed by atoms with E-state index >= 15 is 0 Å². The van der Waals surface area contributed by atoms with Crippen molar-refractivity contribution in [2.24, 2.45) is 11.8 Å². The van der Waals surface area contributed by atoms with Gasteiger partial charge in [0.25, 0.3) is 0 Å². The number of anilines is 2. The standard InChI is InChI=1S/C22H17ClN2O5/c23-12-1-4-14(5-2-12)25-10-22-8-7-16(30-22)18(19(22)21(25)27)20(26)24-13-3-6-15-17(9-13)29-11-28-15/h1-9,16,18-19H,10-11H2,(H,24,26)/t16-,18-,19-,22+/m1/s1. The summed E-state index contributed by atoms with van der Waals surface area (Å²) in [6.07, 6.45) is 3.40. The second kappa shape index (κ2) is 6.23. The Bertz CT molecular complexity index is 1100. The van der Waals surface area contributed by atoms with Gasteiger partial charge >= 0.3 is 0 Å². The maximum Gasteiger partial charge on any atom is 0.234 e. The average Bonchev–Trinajstić information content (AvgIpc) is 3.49. The lowest BCUT2D eigenvalue weighted by Crippen LogP contribution is -2.41. The fraction of sp³-hybridized carbons (Fsp3) is 0.273. The molecule has 4 aliphatic rings. The Morgan fingerprint density at radius 2 is 1.93 bits per heavy atom. The van der Waals surface area contributed by atoms with Crippen molar-refractivity contribution in [1.29, 1.82) is 0 Å². The quantitative estimate of drug-likeness (QED) is 0.766. The molecule has 1 spiro atoms. The molecule has 4 heterocycles. The molecule has 2 fully saturated rings. The number of halogens is 1.